The number of ether oxygens (including phenoxy) is 1. The van der Waals surface area contributed by atoms with E-state index in [-0.39, 0.29) is 18.4 Å². The summed E-state index contributed by atoms with van der Waals surface area (Å²) in [5, 5.41) is 3.67. The zero-order valence-corrected chi connectivity index (χ0v) is 10.8. The van der Waals surface area contributed by atoms with Crippen LogP contribution in [0.4, 0.5) is 0 Å². The van der Waals surface area contributed by atoms with Gasteiger partial charge in [0.05, 0.1) is 18.2 Å². The van der Waals surface area contributed by atoms with Crippen LogP contribution in [0.1, 0.15) is 26.5 Å². The number of nitrogens with zero attached hydrogens (tertiary/aromatic N) is 2. The molecule has 0 fully saturated rings. The van der Waals surface area contributed by atoms with Gasteiger partial charge in [-0.05, 0) is 17.3 Å². The van der Waals surface area contributed by atoms with Crippen LogP contribution in [0.15, 0.2) is 34.9 Å². The number of aromatic nitrogens is 1. The maximum absolute atomic E-state index is 12.1. The van der Waals surface area contributed by atoms with E-state index in [0.717, 1.165) is 0 Å². The molecule has 1 aromatic heterocycles. The minimum Gasteiger partial charge on any atom is -0.479 e. The zero-order chi connectivity index (χ0) is 14.1. The summed E-state index contributed by atoms with van der Waals surface area (Å²) >= 11 is 0. The van der Waals surface area contributed by atoms with E-state index in [1.165, 1.54) is 12.0 Å². The fraction of sp³-hybridized carbons (Fsp3) is 0.214. The number of carbonyl (C=O) groups is 2. The van der Waals surface area contributed by atoms with Gasteiger partial charge in [0.15, 0.2) is 0 Å². The van der Waals surface area contributed by atoms with Crippen LogP contribution in [0.2, 0.25) is 0 Å². The van der Waals surface area contributed by atoms with Gasteiger partial charge in [0.1, 0.15) is 5.76 Å². The summed E-state index contributed by atoms with van der Waals surface area (Å²) < 4.78 is 9.95. The molecule has 2 aromatic rings. The standard InChI is InChI=1S/C14H12N2O4/c1-19-12-8-9(20-15-12)6-7-16-13(17)10-4-2-3-5-11(10)14(16)18/h2-5,8H,6-7H2,1H3. The number of amides is 2. The summed E-state index contributed by atoms with van der Waals surface area (Å²) in [5.74, 6) is 0.412. The summed E-state index contributed by atoms with van der Waals surface area (Å²) in [6, 6.07) is 8.45. The summed E-state index contributed by atoms with van der Waals surface area (Å²) in [7, 11) is 1.49. The van der Waals surface area contributed by atoms with Gasteiger partial charge in [-0.15, -0.1) is 0 Å². The van der Waals surface area contributed by atoms with Crippen LogP contribution >= 0.6 is 0 Å². The fourth-order valence-corrected chi connectivity index (χ4v) is 2.17. The lowest BCUT2D eigenvalue weighted by Gasteiger charge is -2.11. The van der Waals surface area contributed by atoms with Crippen molar-refractivity contribution in [3.63, 3.8) is 0 Å². The van der Waals surface area contributed by atoms with Gasteiger partial charge in [-0.2, -0.15) is 0 Å². The molecule has 2 heterocycles. The maximum Gasteiger partial charge on any atom is 0.261 e. The van der Waals surface area contributed by atoms with E-state index >= 15 is 0 Å². The third-order valence-electron chi connectivity index (χ3n) is 3.21. The Bertz CT molecular complexity index is 642. The first-order chi connectivity index (χ1) is 9.70. The Labute approximate surface area is 114 Å². The van der Waals surface area contributed by atoms with E-state index in [2.05, 4.69) is 5.16 Å². The second-order valence-corrected chi connectivity index (χ2v) is 4.39. The topological polar surface area (TPSA) is 72.6 Å². The van der Waals surface area contributed by atoms with Crippen molar-refractivity contribution in [2.45, 2.75) is 6.42 Å². The van der Waals surface area contributed by atoms with Crippen LogP contribution in [0.25, 0.3) is 0 Å². The van der Waals surface area contributed by atoms with E-state index in [1.807, 2.05) is 0 Å². The molecule has 1 aliphatic heterocycles. The summed E-state index contributed by atoms with van der Waals surface area (Å²) in [6.45, 7) is 0.255. The molecule has 0 spiro atoms. The quantitative estimate of drug-likeness (QED) is 0.789. The van der Waals surface area contributed by atoms with Crippen molar-refractivity contribution in [3.05, 3.63) is 47.2 Å². The number of benzene rings is 1. The van der Waals surface area contributed by atoms with E-state index in [0.29, 0.717) is 29.2 Å². The Morgan fingerprint density at radius 1 is 1.20 bits per heavy atom. The molecule has 102 valence electrons. The van der Waals surface area contributed by atoms with Gasteiger partial charge < -0.3 is 9.26 Å². The second kappa shape index (κ2) is 4.80. The molecule has 0 radical (unpaired) electrons. The predicted octanol–water partition coefficient (Wildman–Crippen LogP) is 1.52. The average molecular weight is 272 g/mol. The van der Waals surface area contributed by atoms with Crippen molar-refractivity contribution < 1.29 is 18.8 Å². The predicted molar refractivity (Wildman–Crippen MR) is 68.6 cm³/mol. The molecule has 0 saturated carbocycles. The van der Waals surface area contributed by atoms with Gasteiger partial charge in [0.2, 0.25) is 0 Å². The SMILES string of the molecule is COc1cc(CCN2C(=O)c3ccccc3C2=O)on1. The number of imide groups is 1. The van der Waals surface area contributed by atoms with Gasteiger partial charge in [-0.1, -0.05) is 12.1 Å². The molecule has 0 atom stereocenters. The smallest absolute Gasteiger partial charge is 0.261 e. The van der Waals surface area contributed by atoms with Crippen LogP contribution in [-0.2, 0) is 6.42 Å². The van der Waals surface area contributed by atoms with E-state index in [4.69, 9.17) is 9.26 Å². The minimum absolute atomic E-state index is 0.255. The number of hydrogen-bond donors (Lipinski definition) is 0. The average Bonchev–Trinajstić information content (AvgIpc) is 3.03. The maximum atomic E-state index is 12.1. The number of fused-ring (bicyclic) bond motifs is 1. The summed E-state index contributed by atoms with van der Waals surface area (Å²) in [4.78, 5) is 25.5. The van der Waals surface area contributed by atoms with Crippen molar-refractivity contribution in [1.29, 1.82) is 0 Å². The van der Waals surface area contributed by atoms with Gasteiger partial charge in [0, 0.05) is 19.0 Å². The lowest BCUT2D eigenvalue weighted by Crippen LogP contribution is -2.31. The van der Waals surface area contributed by atoms with Crippen LogP contribution in [0, 0.1) is 0 Å². The first-order valence-electron chi connectivity index (χ1n) is 6.15. The van der Waals surface area contributed by atoms with Gasteiger partial charge in [0.25, 0.3) is 17.7 Å². The van der Waals surface area contributed by atoms with Gasteiger partial charge >= 0.3 is 0 Å². The monoisotopic (exact) mass is 272 g/mol. The van der Waals surface area contributed by atoms with E-state index in [9.17, 15) is 9.59 Å². The highest BCUT2D eigenvalue weighted by molar-refractivity contribution is 6.21. The van der Waals surface area contributed by atoms with Crippen molar-refractivity contribution in [2.24, 2.45) is 0 Å². The van der Waals surface area contributed by atoms with Crippen LogP contribution in [0.5, 0.6) is 5.88 Å². The summed E-state index contributed by atoms with van der Waals surface area (Å²) in [5.41, 5.74) is 0.903. The number of hydrogen-bond acceptors (Lipinski definition) is 5. The first-order valence-corrected chi connectivity index (χ1v) is 6.15. The molecule has 6 heteroatoms. The molecular weight excluding hydrogens is 260 g/mol. The van der Waals surface area contributed by atoms with E-state index < -0.39 is 0 Å². The van der Waals surface area contributed by atoms with E-state index in [1.54, 1.807) is 30.3 Å². The number of carbonyl (C=O) groups excluding carboxylic acids is 2. The van der Waals surface area contributed by atoms with Crippen molar-refractivity contribution in [1.82, 2.24) is 10.1 Å². The van der Waals surface area contributed by atoms with Crippen molar-refractivity contribution in [2.75, 3.05) is 13.7 Å². The molecule has 1 aromatic carbocycles. The Hall–Kier alpha value is -2.63. The molecule has 0 aliphatic carbocycles. The third-order valence-corrected chi connectivity index (χ3v) is 3.21. The van der Waals surface area contributed by atoms with Gasteiger partial charge in [-0.3, -0.25) is 14.5 Å². The molecule has 0 N–H and O–H groups in total. The molecule has 0 bridgehead atoms. The van der Waals surface area contributed by atoms with Gasteiger partial charge in [-0.25, -0.2) is 0 Å². The highest BCUT2D eigenvalue weighted by atomic mass is 16.5. The molecule has 0 saturated heterocycles. The minimum atomic E-state index is -0.267. The lowest BCUT2D eigenvalue weighted by molar-refractivity contribution is 0.0654. The zero-order valence-electron chi connectivity index (χ0n) is 10.8. The van der Waals surface area contributed by atoms with Crippen LogP contribution < -0.4 is 4.74 Å². The third kappa shape index (κ3) is 1.95. The Balaban J connectivity index is 1.73. The molecule has 20 heavy (non-hydrogen) atoms. The van der Waals surface area contributed by atoms with Crippen LogP contribution in [0.3, 0.4) is 0 Å². The number of rotatable bonds is 4. The second-order valence-electron chi connectivity index (χ2n) is 4.39. The molecule has 2 amide bonds. The van der Waals surface area contributed by atoms with Crippen LogP contribution in [-0.4, -0.2) is 35.5 Å². The van der Waals surface area contributed by atoms with Crippen molar-refractivity contribution in [3.8, 4) is 5.88 Å². The first kappa shape index (κ1) is 12.4. The Kier molecular flexibility index (Phi) is 2.98. The molecule has 1 aliphatic rings. The highest BCUT2D eigenvalue weighted by Gasteiger charge is 2.34. The Morgan fingerprint density at radius 3 is 2.40 bits per heavy atom. The Morgan fingerprint density at radius 2 is 1.85 bits per heavy atom. The normalized spacial score (nSPS) is 13.8. The molecule has 3 rings (SSSR count). The van der Waals surface area contributed by atoms with Crippen molar-refractivity contribution >= 4 is 11.8 Å². The molecule has 0 unspecified atom stereocenters. The fourth-order valence-electron chi connectivity index (χ4n) is 2.17. The largest absolute Gasteiger partial charge is 0.479 e. The molecule has 6 nitrogen and oxygen atoms in total. The lowest BCUT2D eigenvalue weighted by atomic mass is 10.1. The number of methoxy groups -OCH3 is 1. The summed E-state index contributed by atoms with van der Waals surface area (Å²) in [6.07, 6.45) is 0.405. The molecular formula is C14H12N2O4. The highest BCUT2D eigenvalue weighted by Crippen LogP contribution is 2.22.